The van der Waals surface area contributed by atoms with Gasteiger partial charge >= 0.3 is 11.9 Å². The molecule has 0 atom stereocenters. The molecule has 33 heavy (non-hydrogen) atoms. The van der Waals surface area contributed by atoms with Gasteiger partial charge in [0.1, 0.15) is 0 Å². The van der Waals surface area contributed by atoms with E-state index in [1.807, 2.05) is 0 Å². The number of benzene rings is 2. The van der Waals surface area contributed by atoms with Crippen LogP contribution >= 0.6 is 47.8 Å². The standard InChI is InChI=1S/C20H17Br3N2O8/c1-31-19(27)14(24-29)6-9-4-12(22)18(13(23)5-9)33-16-8-10(3-11(21)17(16)26)7-15(25-30)20(28)32-2/h3-5,8,26,29-30H,6-7H2,1-2H3/b24-14+,25-15+. The van der Waals surface area contributed by atoms with E-state index in [0.29, 0.717) is 25.8 Å². The van der Waals surface area contributed by atoms with Crippen LogP contribution in [-0.4, -0.2) is 53.1 Å². The highest BCUT2D eigenvalue weighted by Gasteiger charge is 2.20. The molecule has 3 N–H and O–H groups in total. The van der Waals surface area contributed by atoms with Gasteiger partial charge in [0, 0.05) is 12.8 Å². The number of phenolic OH excluding ortho intramolecular Hbond substituents is 1. The van der Waals surface area contributed by atoms with Crippen molar-refractivity contribution in [3.8, 4) is 17.2 Å². The fourth-order valence-corrected chi connectivity index (χ4v) is 4.58. The molecule has 0 spiro atoms. The Bertz CT molecular complexity index is 1110. The van der Waals surface area contributed by atoms with Crippen LogP contribution < -0.4 is 4.74 Å². The normalized spacial score (nSPS) is 11.8. The summed E-state index contributed by atoms with van der Waals surface area (Å²) in [6.07, 6.45) is -0.0970. The highest BCUT2D eigenvalue weighted by Crippen LogP contribution is 2.43. The van der Waals surface area contributed by atoms with Gasteiger partial charge in [-0.1, -0.05) is 10.3 Å². The summed E-state index contributed by atoms with van der Waals surface area (Å²) >= 11 is 9.99. The number of nitrogens with zero attached hydrogens (tertiary/aromatic N) is 2. The molecule has 0 bridgehead atoms. The van der Waals surface area contributed by atoms with E-state index in [1.165, 1.54) is 19.2 Å². The molecule has 10 nitrogen and oxygen atoms in total. The summed E-state index contributed by atoms with van der Waals surface area (Å²) in [7, 11) is 2.34. The number of rotatable bonds is 8. The third-order valence-electron chi connectivity index (χ3n) is 4.18. The van der Waals surface area contributed by atoms with Crippen LogP contribution in [0.25, 0.3) is 0 Å². The molecule has 0 amide bonds. The molecule has 2 aromatic carbocycles. The van der Waals surface area contributed by atoms with E-state index in [1.54, 1.807) is 12.1 Å². The Hall–Kier alpha value is -2.64. The van der Waals surface area contributed by atoms with Crippen molar-refractivity contribution in [2.45, 2.75) is 12.8 Å². The molecule has 13 heteroatoms. The van der Waals surface area contributed by atoms with Crippen LogP contribution in [0, 0.1) is 0 Å². The first-order chi connectivity index (χ1) is 15.6. The number of hydrogen-bond acceptors (Lipinski definition) is 10. The number of esters is 2. The number of ether oxygens (including phenoxy) is 3. The zero-order valence-corrected chi connectivity index (χ0v) is 21.9. The molecular formula is C20H17Br3N2O8. The third kappa shape index (κ3) is 6.68. The second-order valence-corrected chi connectivity index (χ2v) is 8.91. The Balaban J connectivity index is 2.37. The van der Waals surface area contributed by atoms with Crippen LogP contribution in [0.15, 0.2) is 48.0 Å². The predicted molar refractivity (Wildman–Crippen MR) is 128 cm³/mol. The van der Waals surface area contributed by atoms with Crippen molar-refractivity contribution in [3.05, 3.63) is 48.8 Å². The molecule has 0 aliphatic rings. The average molecular weight is 653 g/mol. The molecule has 0 aliphatic carbocycles. The maximum atomic E-state index is 11.7. The topological polar surface area (TPSA) is 147 Å². The van der Waals surface area contributed by atoms with Crippen molar-refractivity contribution in [3.63, 3.8) is 0 Å². The van der Waals surface area contributed by atoms with Crippen molar-refractivity contribution >= 4 is 71.2 Å². The van der Waals surface area contributed by atoms with Crippen molar-refractivity contribution in [1.29, 1.82) is 0 Å². The van der Waals surface area contributed by atoms with Gasteiger partial charge in [-0.3, -0.25) is 0 Å². The number of oxime groups is 2. The minimum atomic E-state index is -0.803. The monoisotopic (exact) mass is 650 g/mol. The largest absolute Gasteiger partial charge is 0.503 e. The number of phenols is 1. The smallest absolute Gasteiger partial charge is 0.356 e. The Morgan fingerprint density at radius 3 is 1.67 bits per heavy atom. The molecular weight excluding hydrogens is 636 g/mol. The first-order valence-electron chi connectivity index (χ1n) is 8.90. The molecule has 0 fully saturated rings. The fourth-order valence-electron chi connectivity index (χ4n) is 2.65. The predicted octanol–water partition coefficient (Wildman–Crippen LogP) is 4.56. The quantitative estimate of drug-likeness (QED) is 0.163. The number of aromatic hydroxyl groups is 1. The Morgan fingerprint density at radius 2 is 1.24 bits per heavy atom. The average Bonchev–Trinajstić information content (AvgIpc) is 2.79. The number of methoxy groups -OCH3 is 2. The maximum absolute atomic E-state index is 11.7. The van der Waals surface area contributed by atoms with Crippen molar-refractivity contribution in [2.24, 2.45) is 10.3 Å². The van der Waals surface area contributed by atoms with Gasteiger partial charge in [-0.25, -0.2) is 9.59 Å². The summed E-state index contributed by atoms with van der Waals surface area (Å²) in [5.41, 5.74) is 0.657. The van der Waals surface area contributed by atoms with E-state index in [9.17, 15) is 14.7 Å². The van der Waals surface area contributed by atoms with Crippen molar-refractivity contribution < 1.29 is 39.3 Å². The minimum absolute atomic E-state index is 0.0102. The lowest BCUT2D eigenvalue weighted by atomic mass is 10.1. The molecule has 0 heterocycles. The summed E-state index contributed by atoms with van der Waals surface area (Å²) in [5.74, 6) is -1.44. The lowest BCUT2D eigenvalue weighted by Gasteiger charge is -2.15. The summed E-state index contributed by atoms with van der Waals surface area (Å²) in [4.78, 5) is 23.3. The Labute approximate surface area is 213 Å². The summed E-state index contributed by atoms with van der Waals surface area (Å²) in [5, 5.41) is 34.5. The second kappa shape index (κ2) is 12.0. The molecule has 2 aromatic rings. The van der Waals surface area contributed by atoms with Gasteiger partial charge in [0.15, 0.2) is 28.7 Å². The molecule has 0 aromatic heterocycles. The summed E-state index contributed by atoms with van der Waals surface area (Å²) in [6, 6.07) is 6.27. The van der Waals surface area contributed by atoms with E-state index >= 15 is 0 Å². The molecule has 0 saturated carbocycles. The van der Waals surface area contributed by atoms with E-state index in [0.717, 1.165) is 7.11 Å². The second-order valence-electron chi connectivity index (χ2n) is 6.35. The molecule has 0 saturated heterocycles. The fraction of sp³-hybridized carbons (Fsp3) is 0.200. The lowest BCUT2D eigenvalue weighted by Crippen LogP contribution is -2.18. The Morgan fingerprint density at radius 1 is 0.818 bits per heavy atom. The van der Waals surface area contributed by atoms with Gasteiger partial charge in [0.05, 0.1) is 27.6 Å². The third-order valence-corrected chi connectivity index (χ3v) is 5.97. The van der Waals surface area contributed by atoms with Crippen molar-refractivity contribution in [1.82, 2.24) is 0 Å². The zero-order chi connectivity index (χ0) is 24.7. The first-order valence-corrected chi connectivity index (χ1v) is 11.3. The highest BCUT2D eigenvalue weighted by molar-refractivity contribution is 9.11. The van der Waals surface area contributed by atoms with Gasteiger partial charge in [-0.2, -0.15) is 0 Å². The van der Waals surface area contributed by atoms with E-state index in [2.05, 4.69) is 67.6 Å². The molecule has 0 unspecified atom stereocenters. The minimum Gasteiger partial charge on any atom is -0.503 e. The van der Waals surface area contributed by atoms with Gasteiger partial charge in [0.25, 0.3) is 0 Å². The van der Waals surface area contributed by atoms with Crippen LogP contribution in [-0.2, 0) is 31.9 Å². The van der Waals surface area contributed by atoms with Gasteiger partial charge in [-0.15, -0.1) is 0 Å². The number of halogens is 3. The highest BCUT2D eigenvalue weighted by atomic mass is 79.9. The molecule has 2 rings (SSSR count). The molecule has 176 valence electrons. The van der Waals surface area contributed by atoms with Gasteiger partial charge in [0.2, 0.25) is 0 Å². The number of hydrogen-bond donors (Lipinski definition) is 3. The lowest BCUT2D eigenvalue weighted by molar-refractivity contribution is -0.133. The van der Waals surface area contributed by atoms with E-state index in [-0.39, 0.29) is 40.2 Å². The molecule has 0 radical (unpaired) electrons. The van der Waals surface area contributed by atoms with Crippen LogP contribution in [0.2, 0.25) is 0 Å². The van der Waals surface area contributed by atoms with Crippen LogP contribution in [0.4, 0.5) is 0 Å². The maximum Gasteiger partial charge on any atom is 0.356 e. The number of carbonyl (C=O) groups excluding carboxylic acids is 2. The van der Waals surface area contributed by atoms with Crippen LogP contribution in [0.1, 0.15) is 11.1 Å². The van der Waals surface area contributed by atoms with Crippen LogP contribution in [0.5, 0.6) is 17.2 Å². The van der Waals surface area contributed by atoms with E-state index < -0.39 is 11.9 Å². The first kappa shape index (κ1) is 26.6. The zero-order valence-electron chi connectivity index (χ0n) is 17.1. The van der Waals surface area contributed by atoms with Crippen LogP contribution in [0.3, 0.4) is 0 Å². The summed E-state index contributed by atoms with van der Waals surface area (Å²) < 4.78 is 16.2. The molecule has 0 aliphatic heterocycles. The SMILES string of the molecule is COC(=O)/C(Cc1cc(Br)c(Oc2cc(C/C(=N\O)C(=O)OC)cc(Br)c2O)c(Br)c1)=N/O. The Kier molecular flexibility index (Phi) is 9.68. The van der Waals surface area contributed by atoms with Gasteiger partial charge in [-0.05, 0) is 83.2 Å². The summed E-state index contributed by atoms with van der Waals surface area (Å²) in [6.45, 7) is 0. The van der Waals surface area contributed by atoms with Gasteiger partial charge < -0.3 is 29.7 Å². The van der Waals surface area contributed by atoms with Crippen molar-refractivity contribution in [2.75, 3.05) is 14.2 Å². The number of carbonyl (C=O) groups is 2. The van der Waals surface area contributed by atoms with E-state index in [4.69, 9.17) is 15.2 Å².